The Hall–Kier alpha value is -3.44. The fraction of sp³-hybridized carbons (Fsp3) is 0.286. The first-order valence-electron chi connectivity index (χ1n) is 9.96. The van der Waals surface area contributed by atoms with Crippen LogP contribution in [0.5, 0.6) is 0 Å². The number of carbonyl (C=O) groups excluding carboxylic acids is 2. The Bertz CT molecular complexity index is 1170. The van der Waals surface area contributed by atoms with E-state index in [-0.39, 0.29) is 16.3 Å². The summed E-state index contributed by atoms with van der Waals surface area (Å²) in [5.74, 6) is -0.924. The standard InChI is InChI=1S/C21H24N4O6S/c1-3-25(4-2)32(28,29)18-8-5-7-16(13-18)23-20(26)15-30-21(27)19-10-9-17(31-19)14-24-12-6-11-22-24/h5-13H,3-4,14-15H2,1-2H3,(H,23,26). The van der Waals surface area contributed by atoms with Gasteiger partial charge in [0.15, 0.2) is 6.61 Å². The van der Waals surface area contributed by atoms with E-state index >= 15 is 0 Å². The van der Waals surface area contributed by atoms with Crippen molar-refractivity contribution in [2.75, 3.05) is 25.0 Å². The number of sulfonamides is 1. The highest BCUT2D eigenvalue weighted by Gasteiger charge is 2.22. The molecule has 3 aromatic rings. The number of ether oxygens (including phenoxy) is 1. The van der Waals surface area contributed by atoms with Gasteiger partial charge in [-0.2, -0.15) is 9.40 Å². The number of anilines is 1. The zero-order valence-electron chi connectivity index (χ0n) is 17.7. The Morgan fingerprint density at radius 3 is 2.62 bits per heavy atom. The second kappa shape index (κ2) is 10.2. The summed E-state index contributed by atoms with van der Waals surface area (Å²) in [6, 6.07) is 10.8. The van der Waals surface area contributed by atoms with Crippen molar-refractivity contribution in [1.82, 2.24) is 14.1 Å². The second-order valence-corrected chi connectivity index (χ2v) is 8.65. The first-order chi connectivity index (χ1) is 15.3. The molecule has 3 rings (SSSR count). The van der Waals surface area contributed by atoms with Crippen molar-refractivity contribution in [2.24, 2.45) is 0 Å². The molecule has 11 heteroatoms. The number of rotatable bonds is 10. The zero-order valence-corrected chi connectivity index (χ0v) is 18.5. The molecule has 1 amide bonds. The molecule has 0 aliphatic heterocycles. The summed E-state index contributed by atoms with van der Waals surface area (Å²) in [5.41, 5.74) is 0.277. The minimum absolute atomic E-state index is 0.0349. The molecule has 170 valence electrons. The molecular weight excluding hydrogens is 436 g/mol. The maximum absolute atomic E-state index is 12.6. The average Bonchev–Trinajstić information content (AvgIpc) is 3.45. The van der Waals surface area contributed by atoms with E-state index in [2.05, 4.69) is 10.4 Å². The van der Waals surface area contributed by atoms with Gasteiger partial charge in [0.25, 0.3) is 5.91 Å². The second-order valence-electron chi connectivity index (χ2n) is 6.71. The van der Waals surface area contributed by atoms with Gasteiger partial charge in [-0.05, 0) is 36.4 Å². The van der Waals surface area contributed by atoms with Crippen molar-refractivity contribution in [2.45, 2.75) is 25.3 Å². The molecule has 0 aliphatic rings. The predicted octanol–water partition coefficient (Wildman–Crippen LogP) is 2.35. The lowest BCUT2D eigenvalue weighted by atomic mass is 10.3. The van der Waals surface area contributed by atoms with E-state index in [0.29, 0.717) is 25.4 Å². The fourth-order valence-corrected chi connectivity index (χ4v) is 4.48. The summed E-state index contributed by atoms with van der Waals surface area (Å²) in [6.07, 6.45) is 3.39. The van der Waals surface area contributed by atoms with Crippen LogP contribution in [0.1, 0.15) is 30.2 Å². The number of amides is 1. The van der Waals surface area contributed by atoms with Crippen LogP contribution in [0.2, 0.25) is 0 Å². The topological polar surface area (TPSA) is 124 Å². The van der Waals surface area contributed by atoms with E-state index in [9.17, 15) is 18.0 Å². The number of nitrogens with one attached hydrogen (secondary N) is 1. The number of esters is 1. The summed E-state index contributed by atoms with van der Waals surface area (Å²) in [7, 11) is -3.66. The Balaban J connectivity index is 1.56. The van der Waals surface area contributed by atoms with Gasteiger partial charge < -0.3 is 14.5 Å². The van der Waals surface area contributed by atoms with Gasteiger partial charge in [0.05, 0.1) is 11.4 Å². The van der Waals surface area contributed by atoms with Gasteiger partial charge in [0.2, 0.25) is 15.8 Å². The number of furan rings is 1. The number of nitrogens with zero attached hydrogens (tertiary/aromatic N) is 3. The van der Waals surface area contributed by atoms with Crippen molar-refractivity contribution in [3.8, 4) is 0 Å². The van der Waals surface area contributed by atoms with E-state index in [1.807, 2.05) is 0 Å². The third kappa shape index (κ3) is 5.62. The average molecular weight is 461 g/mol. The number of benzene rings is 1. The molecular formula is C21H24N4O6S. The minimum atomic E-state index is -3.66. The van der Waals surface area contributed by atoms with Crippen LogP contribution in [0.15, 0.2) is 64.2 Å². The molecule has 0 fully saturated rings. The largest absolute Gasteiger partial charge is 0.452 e. The van der Waals surface area contributed by atoms with Crippen LogP contribution < -0.4 is 5.32 Å². The van der Waals surface area contributed by atoms with Crippen LogP contribution in [0.25, 0.3) is 0 Å². The van der Waals surface area contributed by atoms with Gasteiger partial charge in [-0.3, -0.25) is 9.48 Å². The maximum atomic E-state index is 12.6. The summed E-state index contributed by atoms with van der Waals surface area (Å²) in [6.45, 7) is 3.97. The smallest absolute Gasteiger partial charge is 0.374 e. The Labute approximate surface area is 185 Å². The van der Waals surface area contributed by atoms with Crippen molar-refractivity contribution in [3.63, 3.8) is 0 Å². The van der Waals surface area contributed by atoms with Gasteiger partial charge in [-0.1, -0.05) is 19.9 Å². The minimum Gasteiger partial charge on any atom is -0.452 e. The van der Waals surface area contributed by atoms with Crippen LogP contribution >= 0.6 is 0 Å². The number of hydrogen-bond donors (Lipinski definition) is 1. The number of carbonyl (C=O) groups is 2. The third-order valence-corrected chi connectivity index (χ3v) is 6.58. The molecule has 0 aliphatic carbocycles. The quantitative estimate of drug-likeness (QED) is 0.461. The Morgan fingerprint density at radius 2 is 1.94 bits per heavy atom. The van der Waals surface area contributed by atoms with Crippen LogP contribution in [0.3, 0.4) is 0 Å². The van der Waals surface area contributed by atoms with Gasteiger partial charge in [0.1, 0.15) is 5.76 Å². The zero-order chi connectivity index (χ0) is 23.1. The van der Waals surface area contributed by atoms with Crippen molar-refractivity contribution >= 4 is 27.6 Å². The van der Waals surface area contributed by atoms with Gasteiger partial charge in [-0.15, -0.1) is 0 Å². The molecule has 2 heterocycles. The van der Waals surface area contributed by atoms with E-state index < -0.39 is 28.5 Å². The van der Waals surface area contributed by atoms with Crippen LogP contribution in [0, 0.1) is 0 Å². The normalized spacial score (nSPS) is 11.5. The fourth-order valence-electron chi connectivity index (χ4n) is 2.97. The lowest BCUT2D eigenvalue weighted by Crippen LogP contribution is -2.30. The van der Waals surface area contributed by atoms with Gasteiger partial charge in [0, 0.05) is 31.2 Å². The van der Waals surface area contributed by atoms with Crippen molar-refractivity contribution < 1.29 is 27.2 Å². The highest BCUT2D eigenvalue weighted by Crippen LogP contribution is 2.19. The summed E-state index contributed by atoms with van der Waals surface area (Å²) >= 11 is 0. The van der Waals surface area contributed by atoms with Crippen LogP contribution in [-0.4, -0.2) is 54.1 Å². The molecule has 0 saturated carbocycles. The van der Waals surface area contributed by atoms with Crippen LogP contribution in [0.4, 0.5) is 5.69 Å². The molecule has 0 unspecified atom stereocenters. The molecule has 0 bridgehead atoms. The predicted molar refractivity (Wildman–Crippen MR) is 115 cm³/mol. The number of aromatic nitrogens is 2. The van der Waals surface area contributed by atoms with E-state index in [1.54, 1.807) is 49.1 Å². The first kappa shape index (κ1) is 23.2. The van der Waals surface area contributed by atoms with Crippen molar-refractivity contribution in [3.05, 3.63) is 66.4 Å². The first-order valence-corrected chi connectivity index (χ1v) is 11.4. The van der Waals surface area contributed by atoms with E-state index in [4.69, 9.17) is 9.15 Å². The third-order valence-electron chi connectivity index (χ3n) is 4.54. The summed E-state index contributed by atoms with van der Waals surface area (Å²) < 4.78 is 38.6. The molecule has 0 spiro atoms. The lowest BCUT2D eigenvalue weighted by Gasteiger charge is -2.18. The van der Waals surface area contributed by atoms with Gasteiger partial charge in [-0.25, -0.2) is 13.2 Å². The summed E-state index contributed by atoms with van der Waals surface area (Å²) in [4.78, 5) is 24.4. The SMILES string of the molecule is CCN(CC)S(=O)(=O)c1cccc(NC(=O)COC(=O)c2ccc(Cn3cccn3)o2)c1. The molecule has 1 N–H and O–H groups in total. The summed E-state index contributed by atoms with van der Waals surface area (Å²) in [5, 5.41) is 6.58. The monoisotopic (exact) mass is 460 g/mol. The molecule has 0 atom stereocenters. The van der Waals surface area contributed by atoms with Crippen molar-refractivity contribution in [1.29, 1.82) is 0 Å². The molecule has 0 saturated heterocycles. The molecule has 10 nitrogen and oxygen atoms in total. The van der Waals surface area contributed by atoms with Crippen LogP contribution in [-0.2, 0) is 26.1 Å². The Kier molecular flexibility index (Phi) is 7.44. The molecule has 2 aromatic heterocycles. The highest BCUT2D eigenvalue weighted by atomic mass is 32.2. The Morgan fingerprint density at radius 1 is 1.16 bits per heavy atom. The lowest BCUT2D eigenvalue weighted by molar-refractivity contribution is -0.119. The molecule has 0 radical (unpaired) electrons. The van der Waals surface area contributed by atoms with E-state index in [0.717, 1.165) is 0 Å². The maximum Gasteiger partial charge on any atom is 0.374 e. The molecule has 1 aromatic carbocycles. The van der Waals surface area contributed by atoms with Gasteiger partial charge >= 0.3 is 5.97 Å². The molecule has 32 heavy (non-hydrogen) atoms. The highest BCUT2D eigenvalue weighted by molar-refractivity contribution is 7.89. The number of hydrogen-bond acceptors (Lipinski definition) is 7. The van der Waals surface area contributed by atoms with E-state index in [1.165, 1.54) is 28.6 Å².